The molecule has 0 aromatic carbocycles. The largest absolute Gasteiger partial charge is 0.376 e. The standard InChI is InChI=1S/C7H11IO3S/c1-9-4-2-10-7-5(12-8)3-11-6(4)7/h4-7H,2-3H2,1H3/t4?,5?,6-,7-/m1/s1. The fraction of sp³-hybridized carbons (Fsp3) is 1.00. The summed E-state index contributed by atoms with van der Waals surface area (Å²) in [7, 11) is 3.50. The van der Waals surface area contributed by atoms with Crippen molar-refractivity contribution in [3.05, 3.63) is 0 Å². The first-order valence-corrected chi connectivity index (χ1v) is 7.32. The maximum atomic E-state index is 5.61. The number of rotatable bonds is 2. The summed E-state index contributed by atoms with van der Waals surface area (Å²) < 4.78 is 16.5. The minimum absolute atomic E-state index is 0.142. The van der Waals surface area contributed by atoms with E-state index < -0.39 is 0 Å². The molecule has 0 aromatic rings. The molecule has 0 saturated carbocycles. The highest BCUT2D eigenvalue weighted by Gasteiger charge is 2.47. The van der Waals surface area contributed by atoms with Crippen LogP contribution in [-0.2, 0) is 14.2 Å². The Morgan fingerprint density at radius 1 is 1.33 bits per heavy atom. The van der Waals surface area contributed by atoms with Crippen LogP contribution in [0, 0.1) is 0 Å². The lowest BCUT2D eigenvalue weighted by Crippen LogP contribution is -2.30. The van der Waals surface area contributed by atoms with Crippen LogP contribution in [0.25, 0.3) is 0 Å². The van der Waals surface area contributed by atoms with Crippen LogP contribution in [-0.4, -0.2) is 43.9 Å². The van der Waals surface area contributed by atoms with Crippen molar-refractivity contribution in [2.45, 2.75) is 23.6 Å². The molecular formula is C7H11IO3S. The first-order chi connectivity index (χ1) is 5.86. The fourth-order valence-corrected chi connectivity index (χ4v) is 3.48. The van der Waals surface area contributed by atoms with Gasteiger partial charge in [0.15, 0.2) is 0 Å². The summed E-state index contributed by atoms with van der Waals surface area (Å²) in [6.45, 7) is 1.47. The highest BCUT2D eigenvalue weighted by molar-refractivity contribution is 14.2. The predicted molar refractivity (Wildman–Crippen MR) is 55.7 cm³/mol. The molecular weight excluding hydrogens is 291 g/mol. The maximum Gasteiger partial charge on any atom is 0.113 e. The molecule has 2 unspecified atom stereocenters. The van der Waals surface area contributed by atoms with E-state index in [1.165, 1.54) is 0 Å². The van der Waals surface area contributed by atoms with Crippen molar-refractivity contribution in [1.29, 1.82) is 0 Å². The molecule has 0 bridgehead atoms. The monoisotopic (exact) mass is 302 g/mol. The summed E-state index contributed by atoms with van der Waals surface area (Å²) in [4.78, 5) is 0. The summed E-state index contributed by atoms with van der Waals surface area (Å²) in [5, 5.41) is 0.482. The molecule has 70 valence electrons. The van der Waals surface area contributed by atoms with Gasteiger partial charge in [-0.25, -0.2) is 0 Å². The molecule has 0 radical (unpaired) electrons. The van der Waals surface area contributed by atoms with E-state index in [1.807, 2.05) is 0 Å². The second kappa shape index (κ2) is 4.00. The molecule has 2 fully saturated rings. The first-order valence-electron chi connectivity index (χ1n) is 3.90. The molecule has 2 aliphatic heterocycles. The van der Waals surface area contributed by atoms with Gasteiger partial charge in [-0.2, -0.15) is 0 Å². The molecule has 0 spiro atoms. The molecule has 2 rings (SSSR count). The second-order valence-electron chi connectivity index (χ2n) is 3.00. The van der Waals surface area contributed by atoms with Crippen LogP contribution in [0.15, 0.2) is 0 Å². The summed E-state index contributed by atoms with van der Waals surface area (Å²) >= 11 is 2.30. The number of halogens is 1. The average molecular weight is 302 g/mol. The molecule has 0 aliphatic carbocycles. The van der Waals surface area contributed by atoms with Crippen LogP contribution >= 0.6 is 30.1 Å². The van der Waals surface area contributed by atoms with Gasteiger partial charge in [-0.3, -0.25) is 0 Å². The lowest BCUT2D eigenvalue weighted by Gasteiger charge is -2.13. The van der Waals surface area contributed by atoms with E-state index >= 15 is 0 Å². The molecule has 0 amide bonds. The van der Waals surface area contributed by atoms with Gasteiger partial charge < -0.3 is 14.2 Å². The van der Waals surface area contributed by atoms with E-state index in [1.54, 1.807) is 16.0 Å². The Labute approximate surface area is 88.1 Å². The summed E-state index contributed by atoms with van der Waals surface area (Å²) in [5.41, 5.74) is 0. The van der Waals surface area contributed by atoms with Gasteiger partial charge in [-0.15, -0.1) is 0 Å². The molecule has 2 aliphatic rings. The van der Waals surface area contributed by atoms with E-state index in [4.69, 9.17) is 14.2 Å². The van der Waals surface area contributed by atoms with Crippen molar-refractivity contribution in [3.63, 3.8) is 0 Å². The minimum Gasteiger partial charge on any atom is -0.376 e. The van der Waals surface area contributed by atoms with Gasteiger partial charge >= 0.3 is 0 Å². The van der Waals surface area contributed by atoms with Gasteiger partial charge in [-0.1, -0.05) is 8.93 Å². The quantitative estimate of drug-likeness (QED) is 0.718. The molecule has 3 nitrogen and oxygen atoms in total. The molecule has 2 saturated heterocycles. The van der Waals surface area contributed by atoms with E-state index in [-0.39, 0.29) is 18.3 Å². The Balaban J connectivity index is 2.01. The fourth-order valence-electron chi connectivity index (χ4n) is 1.71. The Kier molecular flexibility index (Phi) is 3.17. The first kappa shape index (κ1) is 9.51. The number of methoxy groups -OCH3 is 1. The minimum atomic E-state index is 0.142. The van der Waals surface area contributed by atoms with Crippen molar-refractivity contribution < 1.29 is 14.2 Å². The molecule has 0 N–H and O–H groups in total. The van der Waals surface area contributed by atoms with E-state index in [0.717, 1.165) is 6.61 Å². The number of hydrogen-bond donors (Lipinski definition) is 0. The Bertz CT molecular complexity index is 151. The van der Waals surface area contributed by atoms with Crippen molar-refractivity contribution in [1.82, 2.24) is 0 Å². The topological polar surface area (TPSA) is 27.7 Å². The Morgan fingerprint density at radius 3 is 2.75 bits per heavy atom. The van der Waals surface area contributed by atoms with Crippen molar-refractivity contribution in [3.8, 4) is 0 Å². The van der Waals surface area contributed by atoms with Gasteiger partial charge in [0.1, 0.15) is 18.3 Å². The molecule has 2 heterocycles. The summed E-state index contributed by atoms with van der Waals surface area (Å²) in [6, 6.07) is 0. The molecule has 5 heteroatoms. The predicted octanol–water partition coefficient (Wildman–Crippen LogP) is 1.25. The smallest absolute Gasteiger partial charge is 0.113 e. The molecule has 12 heavy (non-hydrogen) atoms. The second-order valence-corrected chi connectivity index (χ2v) is 5.31. The Hall–Kier alpha value is 0.960. The zero-order valence-corrected chi connectivity index (χ0v) is 9.71. The third kappa shape index (κ3) is 1.50. The third-order valence-electron chi connectivity index (χ3n) is 2.38. The van der Waals surface area contributed by atoms with Gasteiger partial charge in [-0.05, 0) is 21.2 Å². The zero-order valence-electron chi connectivity index (χ0n) is 6.73. The van der Waals surface area contributed by atoms with Crippen LogP contribution in [0.1, 0.15) is 0 Å². The van der Waals surface area contributed by atoms with Crippen molar-refractivity contribution >= 4 is 30.1 Å². The van der Waals surface area contributed by atoms with E-state index in [2.05, 4.69) is 21.2 Å². The normalized spacial score (nSPS) is 46.5. The number of fused-ring (bicyclic) bond motifs is 1. The highest BCUT2D eigenvalue weighted by Crippen LogP contribution is 2.37. The van der Waals surface area contributed by atoms with Gasteiger partial charge in [0.25, 0.3) is 0 Å². The Morgan fingerprint density at radius 2 is 2.08 bits per heavy atom. The van der Waals surface area contributed by atoms with Crippen LogP contribution in [0.5, 0.6) is 0 Å². The lowest BCUT2D eigenvalue weighted by atomic mass is 10.1. The van der Waals surface area contributed by atoms with Crippen molar-refractivity contribution in [2.75, 3.05) is 20.3 Å². The van der Waals surface area contributed by atoms with Gasteiger partial charge in [0.05, 0.1) is 18.5 Å². The van der Waals surface area contributed by atoms with Gasteiger partial charge in [0, 0.05) is 7.11 Å². The van der Waals surface area contributed by atoms with E-state index in [0.29, 0.717) is 11.9 Å². The zero-order chi connectivity index (χ0) is 8.55. The highest BCUT2D eigenvalue weighted by atomic mass is 127. The van der Waals surface area contributed by atoms with Crippen molar-refractivity contribution in [2.24, 2.45) is 0 Å². The number of ether oxygens (including phenoxy) is 3. The van der Waals surface area contributed by atoms with Crippen LogP contribution in [0.4, 0.5) is 0 Å². The summed E-state index contributed by atoms with van der Waals surface area (Å²) in [6.07, 6.45) is 0.558. The summed E-state index contributed by atoms with van der Waals surface area (Å²) in [5.74, 6) is 0. The molecule has 4 atom stereocenters. The van der Waals surface area contributed by atoms with Crippen LogP contribution in [0.2, 0.25) is 0 Å². The van der Waals surface area contributed by atoms with Gasteiger partial charge in [0.2, 0.25) is 0 Å². The third-order valence-corrected chi connectivity index (χ3v) is 4.97. The maximum absolute atomic E-state index is 5.61. The average Bonchev–Trinajstić information content (AvgIpc) is 2.62. The molecule has 0 aromatic heterocycles. The lowest BCUT2D eigenvalue weighted by molar-refractivity contribution is -0.00710. The van der Waals surface area contributed by atoms with Crippen LogP contribution in [0.3, 0.4) is 0 Å². The van der Waals surface area contributed by atoms with Crippen LogP contribution < -0.4 is 0 Å². The van der Waals surface area contributed by atoms with E-state index in [9.17, 15) is 0 Å². The number of hydrogen-bond acceptors (Lipinski definition) is 4. The SMILES string of the molecule is COC1CO[C@@H]2C(SI)CO[C@H]12.